The molecule has 0 fully saturated rings. The van der Waals surface area contributed by atoms with Crippen LogP contribution in [0.2, 0.25) is 0 Å². The third kappa shape index (κ3) is 4.78. The van der Waals surface area contributed by atoms with Crippen molar-refractivity contribution in [2.75, 3.05) is 13.2 Å². The van der Waals surface area contributed by atoms with Crippen molar-refractivity contribution < 1.29 is 9.47 Å². The maximum atomic E-state index is 5.76. The van der Waals surface area contributed by atoms with Crippen molar-refractivity contribution in [1.82, 2.24) is 9.97 Å². The van der Waals surface area contributed by atoms with E-state index in [1.165, 1.54) is 0 Å². The van der Waals surface area contributed by atoms with Gasteiger partial charge in [0.1, 0.15) is 24.7 Å². The molecule has 0 N–H and O–H groups in total. The van der Waals surface area contributed by atoms with Gasteiger partial charge in [0.15, 0.2) is 5.82 Å². The monoisotopic (exact) mass is 416 g/mol. The lowest BCUT2D eigenvalue weighted by Gasteiger charge is -2.12. The summed E-state index contributed by atoms with van der Waals surface area (Å²) in [6.07, 6.45) is 10.7. The molecule has 0 aliphatic carbocycles. The summed E-state index contributed by atoms with van der Waals surface area (Å²) in [6, 6.07) is 27.2. The van der Waals surface area contributed by atoms with Gasteiger partial charge in [-0.2, -0.15) is 0 Å². The van der Waals surface area contributed by atoms with Gasteiger partial charge in [-0.15, -0.1) is 12.8 Å². The van der Waals surface area contributed by atoms with E-state index in [4.69, 9.17) is 32.3 Å². The normalized spacial score (nSPS) is 10.1. The Kier molecular flexibility index (Phi) is 6.46. The second-order valence-electron chi connectivity index (χ2n) is 6.83. The topological polar surface area (TPSA) is 44.2 Å². The molecule has 0 saturated carbocycles. The fourth-order valence-corrected chi connectivity index (χ4v) is 3.22. The van der Waals surface area contributed by atoms with E-state index >= 15 is 0 Å². The van der Waals surface area contributed by atoms with E-state index in [-0.39, 0.29) is 13.2 Å². The van der Waals surface area contributed by atoms with E-state index in [9.17, 15) is 0 Å². The minimum atomic E-state index is 0.180. The van der Waals surface area contributed by atoms with Crippen LogP contribution >= 0.6 is 0 Å². The Bertz CT molecular complexity index is 1280. The van der Waals surface area contributed by atoms with E-state index < -0.39 is 0 Å². The summed E-state index contributed by atoms with van der Waals surface area (Å²) in [4.78, 5) is 9.66. The summed E-state index contributed by atoms with van der Waals surface area (Å²) < 4.78 is 11.2. The second-order valence-corrected chi connectivity index (χ2v) is 6.83. The summed E-state index contributed by atoms with van der Waals surface area (Å²) in [5.41, 5.74) is 4.23. The SMILES string of the molecule is C#CCOc1ccc(-c2cc(-c3ccccc3OCC#C)nc(-c3ccccc3)n2)cc1. The highest BCUT2D eigenvalue weighted by molar-refractivity contribution is 5.75. The summed E-state index contributed by atoms with van der Waals surface area (Å²) in [7, 11) is 0. The molecule has 4 rings (SSSR count). The molecule has 0 aliphatic heterocycles. The van der Waals surface area contributed by atoms with Crippen molar-refractivity contribution in [1.29, 1.82) is 0 Å². The van der Waals surface area contributed by atoms with Gasteiger partial charge < -0.3 is 9.47 Å². The van der Waals surface area contributed by atoms with Crippen LogP contribution in [-0.4, -0.2) is 23.2 Å². The minimum Gasteiger partial charge on any atom is -0.481 e. The summed E-state index contributed by atoms with van der Waals surface area (Å²) in [6.45, 7) is 0.406. The van der Waals surface area contributed by atoms with E-state index in [2.05, 4.69) is 11.8 Å². The number of hydrogen-bond donors (Lipinski definition) is 0. The van der Waals surface area contributed by atoms with Gasteiger partial charge in [0.25, 0.3) is 0 Å². The number of ether oxygens (including phenoxy) is 2. The zero-order valence-corrected chi connectivity index (χ0v) is 17.4. The Morgan fingerprint density at radius 2 is 1.31 bits per heavy atom. The van der Waals surface area contributed by atoms with Crippen molar-refractivity contribution in [2.45, 2.75) is 0 Å². The second kappa shape index (κ2) is 9.98. The average Bonchev–Trinajstić information content (AvgIpc) is 2.87. The van der Waals surface area contributed by atoms with Crippen molar-refractivity contribution in [3.05, 3.63) is 84.9 Å². The first-order chi connectivity index (χ1) is 15.8. The van der Waals surface area contributed by atoms with E-state index in [1.807, 2.05) is 84.9 Å². The van der Waals surface area contributed by atoms with Gasteiger partial charge in [-0.1, -0.05) is 54.3 Å². The van der Waals surface area contributed by atoms with Crippen molar-refractivity contribution in [2.24, 2.45) is 0 Å². The maximum absolute atomic E-state index is 5.76. The van der Waals surface area contributed by atoms with Gasteiger partial charge in [0.05, 0.1) is 11.4 Å². The number of para-hydroxylation sites is 1. The summed E-state index contributed by atoms with van der Waals surface area (Å²) in [5, 5.41) is 0. The molecule has 0 amide bonds. The van der Waals surface area contributed by atoms with Crippen LogP contribution in [0.15, 0.2) is 84.9 Å². The molecule has 0 saturated heterocycles. The van der Waals surface area contributed by atoms with Gasteiger partial charge in [0, 0.05) is 16.7 Å². The number of nitrogens with zero attached hydrogens (tertiary/aromatic N) is 2. The molecule has 0 aliphatic rings. The third-order valence-corrected chi connectivity index (χ3v) is 4.70. The molecular weight excluding hydrogens is 396 g/mol. The van der Waals surface area contributed by atoms with Gasteiger partial charge in [-0.05, 0) is 42.5 Å². The van der Waals surface area contributed by atoms with Crippen LogP contribution < -0.4 is 9.47 Å². The summed E-state index contributed by atoms with van der Waals surface area (Å²) in [5.74, 6) is 6.98. The minimum absolute atomic E-state index is 0.180. The highest BCUT2D eigenvalue weighted by atomic mass is 16.5. The number of hydrogen-bond acceptors (Lipinski definition) is 4. The zero-order chi connectivity index (χ0) is 22.2. The predicted molar refractivity (Wildman–Crippen MR) is 127 cm³/mol. The molecule has 0 spiro atoms. The van der Waals surface area contributed by atoms with Crippen molar-refractivity contribution in [3.63, 3.8) is 0 Å². The van der Waals surface area contributed by atoms with Crippen LogP contribution in [0.25, 0.3) is 33.9 Å². The standard InChI is InChI=1S/C28H20N2O2/c1-3-18-31-23-16-14-21(15-17-23)25-20-26(24-12-8-9-13-27(24)32-19-4-2)30-28(29-25)22-10-6-5-7-11-22/h1-2,5-17,20H,18-19H2. The highest BCUT2D eigenvalue weighted by Gasteiger charge is 2.13. The Morgan fingerprint density at radius 3 is 2.06 bits per heavy atom. The lowest BCUT2D eigenvalue weighted by Crippen LogP contribution is -1.99. The number of benzene rings is 3. The first-order valence-corrected chi connectivity index (χ1v) is 10.1. The van der Waals surface area contributed by atoms with Crippen LogP contribution in [0.4, 0.5) is 0 Å². The van der Waals surface area contributed by atoms with Crippen molar-refractivity contribution >= 4 is 0 Å². The molecule has 4 nitrogen and oxygen atoms in total. The number of terminal acetylenes is 2. The molecule has 0 bridgehead atoms. The largest absolute Gasteiger partial charge is 0.481 e. The molecule has 1 aromatic heterocycles. The smallest absolute Gasteiger partial charge is 0.160 e. The fourth-order valence-electron chi connectivity index (χ4n) is 3.22. The molecule has 0 radical (unpaired) electrons. The molecule has 154 valence electrons. The lowest BCUT2D eigenvalue weighted by atomic mass is 10.1. The average molecular weight is 416 g/mol. The predicted octanol–water partition coefficient (Wildman–Crippen LogP) is 5.50. The molecule has 4 aromatic rings. The van der Waals surface area contributed by atoms with Crippen LogP contribution in [0.1, 0.15) is 0 Å². The molecule has 0 atom stereocenters. The molecule has 0 unspecified atom stereocenters. The van der Waals surface area contributed by atoms with Crippen LogP contribution in [0.5, 0.6) is 11.5 Å². The summed E-state index contributed by atoms with van der Waals surface area (Å²) >= 11 is 0. The first kappa shape index (κ1) is 20.7. The first-order valence-electron chi connectivity index (χ1n) is 10.1. The third-order valence-electron chi connectivity index (χ3n) is 4.70. The molecule has 3 aromatic carbocycles. The highest BCUT2D eigenvalue weighted by Crippen LogP contribution is 2.33. The van der Waals surface area contributed by atoms with Gasteiger partial charge in [-0.25, -0.2) is 9.97 Å². The Morgan fingerprint density at radius 1 is 0.656 bits per heavy atom. The quantitative estimate of drug-likeness (QED) is 0.373. The fraction of sp³-hybridized carbons (Fsp3) is 0.0714. The van der Waals surface area contributed by atoms with Crippen LogP contribution in [-0.2, 0) is 0 Å². The van der Waals surface area contributed by atoms with Gasteiger partial charge in [-0.3, -0.25) is 0 Å². The van der Waals surface area contributed by atoms with Gasteiger partial charge >= 0.3 is 0 Å². The van der Waals surface area contributed by atoms with Crippen LogP contribution in [0.3, 0.4) is 0 Å². The molecule has 4 heteroatoms. The molecular formula is C28H20N2O2. The number of aromatic nitrogens is 2. The van der Waals surface area contributed by atoms with E-state index in [1.54, 1.807) is 0 Å². The Balaban J connectivity index is 1.82. The number of rotatable bonds is 7. The van der Waals surface area contributed by atoms with Gasteiger partial charge in [0.2, 0.25) is 0 Å². The molecule has 1 heterocycles. The molecule has 32 heavy (non-hydrogen) atoms. The van der Waals surface area contributed by atoms with E-state index in [0.29, 0.717) is 17.3 Å². The zero-order valence-electron chi connectivity index (χ0n) is 17.4. The lowest BCUT2D eigenvalue weighted by molar-refractivity contribution is 0.370. The van der Waals surface area contributed by atoms with Crippen molar-refractivity contribution in [3.8, 4) is 70.1 Å². The Labute approximate surface area is 187 Å². The van der Waals surface area contributed by atoms with E-state index in [0.717, 1.165) is 28.1 Å². The van der Waals surface area contributed by atoms with Crippen LogP contribution in [0, 0.1) is 24.7 Å². The Hall–Kier alpha value is -4.54. The maximum Gasteiger partial charge on any atom is 0.160 e.